The molecule has 0 bridgehead atoms. The number of thioether (sulfide) groups is 1. The van der Waals surface area contributed by atoms with Gasteiger partial charge in [-0.1, -0.05) is 60.3 Å². The van der Waals surface area contributed by atoms with E-state index in [2.05, 4.69) is 0 Å². The fraction of sp³-hybridized carbons (Fsp3) is 0.391. The highest BCUT2D eigenvalue weighted by atomic mass is 32.2. The lowest BCUT2D eigenvalue weighted by molar-refractivity contribution is -0.231. The summed E-state index contributed by atoms with van der Waals surface area (Å²) in [5.74, 6) is -1.15. The summed E-state index contributed by atoms with van der Waals surface area (Å²) in [6, 6.07) is 19.1. The molecular weight excluding hydrogens is 420 g/mol. The van der Waals surface area contributed by atoms with E-state index in [9.17, 15) is 14.7 Å². The van der Waals surface area contributed by atoms with Gasteiger partial charge in [0, 0.05) is 18.7 Å². The number of hydrogen-bond donors (Lipinski definition) is 1. The molecule has 0 radical (unpaired) electrons. The number of rotatable bonds is 8. The van der Waals surface area contributed by atoms with Crippen LogP contribution in [-0.4, -0.2) is 53.5 Å². The largest absolute Gasteiger partial charge is 0.456 e. The van der Waals surface area contributed by atoms with Crippen molar-refractivity contribution in [3.05, 3.63) is 66.2 Å². The van der Waals surface area contributed by atoms with Crippen LogP contribution in [-0.2, 0) is 35.1 Å². The Labute approximate surface area is 185 Å². The van der Waals surface area contributed by atoms with Crippen molar-refractivity contribution in [2.45, 2.75) is 55.2 Å². The van der Waals surface area contributed by atoms with Gasteiger partial charge >= 0.3 is 11.9 Å². The molecule has 0 aliphatic carbocycles. The molecule has 1 saturated heterocycles. The molecule has 0 aromatic heterocycles. The summed E-state index contributed by atoms with van der Waals surface area (Å²) in [5.41, 5.74) is 0.279. The van der Waals surface area contributed by atoms with Gasteiger partial charge in [0.2, 0.25) is 0 Å². The zero-order valence-corrected chi connectivity index (χ0v) is 18.2. The first-order valence-corrected chi connectivity index (χ1v) is 10.8. The molecule has 1 aliphatic rings. The maximum absolute atomic E-state index is 11.7. The average molecular weight is 447 g/mol. The van der Waals surface area contributed by atoms with E-state index < -0.39 is 41.8 Å². The van der Waals surface area contributed by atoms with Crippen molar-refractivity contribution < 1.29 is 33.6 Å². The van der Waals surface area contributed by atoms with Gasteiger partial charge < -0.3 is 24.1 Å². The van der Waals surface area contributed by atoms with Gasteiger partial charge in [-0.2, -0.15) is 0 Å². The van der Waals surface area contributed by atoms with Crippen molar-refractivity contribution in [3.63, 3.8) is 0 Å². The van der Waals surface area contributed by atoms with Gasteiger partial charge in [0.05, 0.1) is 13.2 Å². The third-order valence-corrected chi connectivity index (χ3v) is 5.77. The van der Waals surface area contributed by atoms with E-state index in [0.717, 1.165) is 10.5 Å². The topological polar surface area (TPSA) is 91.3 Å². The molecular formula is C23H26O7S. The minimum absolute atomic E-state index is 0.0759. The molecule has 166 valence electrons. The molecule has 1 aliphatic heterocycles. The molecule has 0 unspecified atom stereocenters. The van der Waals surface area contributed by atoms with Gasteiger partial charge in [0.25, 0.3) is 0 Å². The molecule has 3 rings (SSSR count). The first-order valence-electron chi connectivity index (χ1n) is 9.95. The summed E-state index contributed by atoms with van der Waals surface area (Å²) in [4.78, 5) is 24.3. The number of esters is 2. The molecule has 0 saturated carbocycles. The fourth-order valence-electron chi connectivity index (χ4n) is 3.27. The molecule has 1 heterocycles. The van der Waals surface area contributed by atoms with Gasteiger partial charge in [0.1, 0.15) is 17.6 Å². The van der Waals surface area contributed by atoms with E-state index in [1.165, 1.54) is 25.6 Å². The molecule has 2 aromatic carbocycles. The lowest BCUT2D eigenvalue weighted by Crippen LogP contribution is -2.60. The highest BCUT2D eigenvalue weighted by Crippen LogP contribution is 2.36. The molecule has 5 atom stereocenters. The summed E-state index contributed by atoms with van der Waals surface area (Å²) >= 11 is 1.32. The Balaban J connectivity index is 1.77. The quantitative estimate of drug-likeness (QED) is 0.619. The van der Waals surface area contributed by atoms with Gasteiger partial charge in [-0.05, 0) is 17.7 Å². The van der Waals surface area contributed by atoms with Crippen LogP contribution < -0.4 is 0 Å². The van der Waals surface area contributed by atoms with Crippen molar-refractivity contribution in [1.29, 1.82) is 0 Å². The fourth-order valence-corrected chi connectivity index (χ4v) is 4.39. The Bertz CT molecular complexity index is 846. The molecule has 1 fully saturated rings. The van der Waals surface area contributed by atoms with Gasteiger partial charge in [0.15, 0.2) is 12.2 Å². The van der Waals surface area contributed by atoms with Gasteiger partial charge in [-0.15, -0.1) is 0 Å². The number of carbonyl (C=O) groups is 2. The summed E-state index contributed by atoms with van der Waals surface area (Å²) < 4.78 is 22.6. The highest BCUT2D eigenvalue weighted by molar-refractivity contribution is 7.99. The molecule has 7 nitrogen and oxygen atoms in total. The van der Waals surface area contributed by atoms with Crippen LogP contribution in [0.4, 0.5) is 0 Å². The Morgan fingerprint density at radius 1 is 0.935 bits per heavy atom. The van der Waals surface area contributed by atoms with Gasteiger partial charge in [-0.25, -0.2) is 0 Å². The number of benzene rings is 2. The van der Waals surface area contributed by atoms with Crippen molar-refractivity contribution in [2.24, 2.45) is 0 Å². The predicted octanol–water partition coefficient (Wildman–Crippen LogP) is 2.94. The molecule has 2 aromatic rings. The van der Waals surface area contributed by atoms with E-state index in [1.807, 2.05) is 60.7 Å². The number of ether oxygens (including phenoxy) is 4. The summed E-state index contributed by atoms with van der Waals surface area (Å²) in [7, 11) is 0. The van der Waals surface area contributed by atoms with E-state index in [4.69, 9.17) is 18.9 Å². The second kappa shape index (κ2) is 11.3. The number of aliphatic hydroxyl groups excluding tert-OH is 1. The van der Waals surface area contributed by atoms with Crippen molar-refractivity contribution in [1.82, 2.24) is 0 Å². The molecule has 0 amide bonds. The van der Waals surface area contributed by atoms with Crippen LogP contribution in [0.2, 0.25) is 0 Å². The summed E-state index contributed by atoms with van der Waals surface area (Å²) in [5, 5.41) is 10.9. The minimum atomic E-state index is -1.23. The van der Waals surface area contributed by atoms with Crippen LogP contribution in [0.5, 0.6) is 0 Å². The lowest BCUT2D eigenvalue weighted by Gasteiger charge is -2.43. The summed E-state index contributed by atoms with van der Waals surface area (Å²) in [6.45, 7) is 2.92. The Morgan fingerprint density at radius 3 is 2.13 bits per heavy atom. The van der Waals surface area contributed by atoms with Crippen LogP contribution in [0.15, 0.2) is 65.6 Å². The monoisotopic (exact) mass is 446 g/mol. The van der Waals surface area contributed by atoms with Crippen LogP contribution in [0.3, 0.4) is 0 Å². The maximum atomic E-state index is 11.7. The number of aliphatic hydroxyl groups is 1. The van der Waals surface area contributed by atoms with E-state index in [1.54, 1.807) is 0 Å². The second-order valence-electron chi connectivity index (χ2n) is 7.11. The Morgan fingerprint density at radius 2 is 1.52 bits per heavy atom. The van der Waals surface area contributed by atoms with Crippen LogP contribution >= 0.6 is 11.8 Å². The van der Waals surface area contributed by atoms with Gasteiger partial charge in [-0.3, -0.25) is 9.59 Å². The smallest absolute Gasteiger partial charge is 0.303 e. The highest BCUT2D eigenvalue weighted by Gasteiger charge is 2.49. The standard InChI is InChI=1S/C23H26O7S/c1-15(24)28-21-20(26)19(14-27-13-17-9-5-3-6-10-17)30-23(22(21)29-16(2)25)31-18-11-7-4-8-12-18/h3-12,19-23,26H,13-14H2,1-2H3/t19-,20-,21+,22+,23-/m1/s1. The van der Waals surface area contributed by atoms with Crippen molar-refractivity contribution >= 4 is 23.7 Å². The normalized spacial score (nSPS) is 25.6. The lowest BCUT2D eigenvalue weighted by atomic mass is 9.99. The summed E-state index contributed by atoms with van der Waals surface area (Å²) in [6.07, 6.45) is -4.06. The predicted molar refractivity (Wildman–Crippen MR) is 114 cm³/mol. The van der Waals surface area contributed by atoms with Crippen LogP contribution in [0.25, 0.3) is 0 Å². The maximum Gasteiger partial charge on any atom is 0.303 e. The zero-order chi connectivity index (χ0) is 22.2. The van der Waals surface area contributed by atoms with Crippen LogP contribution in [0.1, 0.15) is 19.4 Å². The third-order valence-electron chi connectivity index (χ3n) is 4.61. The molecule has 0 spiro atoms. The zero-order valence-electron chi connectivity index (χ0n) is 17.4. The van der Waals surface area contributed by atoms with Crippen LogP contribution in [0, 0.1) is 0 Å². The minimum Gasteiger partial charge on any atom is -0.456 e. The van der Waals surface area contributed by atoms with E-state index in [-0.39, 0.29) is 6.61 Å². The van der Waals surface area contributed by atoms with E-state index >= 15 is 0 Å². The molecule has 1 N–H and O–H groups in total. The second-order valence-corrected chi connectivity index (χ2v) is 8.28. The first kappa shape index (κ1) is 23.3. The third kappa shape index (κ3) is 6.80. The average Bonchev–Trinajstić information content (AvgIpc) is 2.74. The number of hydrogen-bond acceptors (Lipinski definition) is 8. The Hall–Kier alpha value is -2.39. The molecule has 8 heteroatoms. The van der Waals surface area contributed by atoms with Crippen molar-refractivity contribution in [3.8, 4) is 0 Å². The van der Waals surface area contributed by atoms with Crippen molar-refractivity contribution in [2.75, 3.05) is 6.61 Å². The number of carbonyl (C=O) groups excluding carboxylic acids is 2. The SMILES string of the molecule is CC(=O)O[C@H]1[C@H](O)[C@@H](COCc2ccccc2)O[C@H](Sc2ccccc2)[C@H]1OC(C)=O. The first-order chi connectivity index (χ1) is 14.9. The van der Waals surface area contributed by atoms with E-state index in [0.29, 0.717) is 6.61 Å². The molecule has 31 heavy (non-hydrogen) atoms. The Kier molecular flexibility index (Phi) is 8.48.